The SMILES string of the molecule is Cc1sc(COC(=O)OC(C)(C)C)cc1C1=C(c2cc(-c3ccc(N(C)C)cc3)sc2C)CCC1. The molecule has 6 heteroatoms. The molecule has 2 aromatic heterocycles. The van der Waals surface area contributed by atoms with Crippen molar-refractivity contribution in [3.63, 3.8) is 0 Å². The lowest BCUT2D eigenvalue weighted by Gasteiger charge is -2.18. The monoisotopic (exact) mass is 509 g/mol. The van der Waals surface area contributed by atoms with E-state index < -0.39 is 11.8 Å². The Labute approximate surface area is 217 Å². The van der Waals surface area contributed by atoms with Crippen LogP contribution in [0.1, 0.15) is 65.8 Å². The molecule has 2 heterocycles. The minimum Gasteiger partial charge on any atom is -0.429 e. The Bertz CT molecular complexity index is 1240. The van der Waals surface area contributed by atoms with Gasteiger partial charge in [-0.1, -0.05) is 12.1 Å². The predicted octanol–water partition coefficient (Wildman–Crippen LogP) is 8.71. The summed E-state index contributed by atoms with van der Waals surface area (Å²) in [5, 5.41) is 0. The molecule has 0 aliphatic heterocycles. The Balaban J connectivity index is 1.58. The van der Waals surface area contributed by atoms with Crippen LogP contribution >= 0.6 is 22.7 Å². The lowest BCUT2D eigenvalue weighted by molar-refractivity contribution is -0.0104. The van der Waals surface area contributed by atoms with E-state index >= 15 is 0 Å². The zero-order valence-corrected chi connectivity index (χ0v) is 23.4. The van der Waals surface area contributed by atoms with Crippen LogP contribution in [0.2, 0.25) is 0 Å². The van der Waals surface area contributed by atoms with E-state index in [1.54, 1.807) is 11.3 Å². The number of thiophene rings is 2. The van der Waals surface area contributed by atoms with Crippen molar-refractivity contribution in [2.45, 2.75) is 66.1 Å². The molecular weight excluding hydrogens is 474 g/mol. The van der Waals surface area contributed by atoms with Gasteiger partial charge < -0.3 is 14.4 Å². The lowest BCUT2D eigenvalue weighted by atomic mass is 9.97. The number of ether oxygens (including phenoxy) is 2. The Morgan fingerprint density at radius 2 is 1.54 bits per heavy atom. The van der Waals surface area contributed by atoms with Crippen LogP contribution in [0.3, 0.4) is 0 Å². The standard InChI is InChI=1S/C29H35NO3S2/c1-18-25(15-22(34-18)17-32-28(31)33-29(3,4)5)23-9-8-10-24(23)26-16-27(35-19(26)2)20-11-13-21(14-12-20)30(6)7/h11-16H,8-10,17H2,1-7H3. The molecule has 3 aromatic rings. The summed E-state index contributed by atoms with van der Waals surface area (Å²) in [6, 6.07) is 13.4. The maximum absolute atomic E-state index is 12.0. The van der Waals surface area contributed by atoms with Crippen molar-refractivity contribution in [1.82, 2.24) is 0 Å². The molecule has 0 atom stereocenters. The second kappa shape index (κ2) is 10.2. The number of benzene rings is 1. The van der Waals surface area contributed by atoms with Gasteiger partial charge in [-0.2, -0.15) is 0 Å². The lowest BCUT2D eigenvalue weighted by Crippen LogP contribution is -2.24. The molecule has 0 amide bonds. The fourth-order valence-electron chi connectivity index (χ4n) is 4.51. The van der Waals surface area contributed by atoms with Crippen molar-refractivity contribution >= 4 is 45.7 Å². The van der Waals surface area contributed by atoms with Crippen molar-refractivity contribution in [3.05, 3.63) is 62.2 Å². The maximum atomic E-state index is 12.0. The van der Waals surface area contributed by atoms with E-state index in [1.807, 2.05) is 32.1 Å². The van der Waals surface area contributed by atoms with E-state index in [9.17, 15) is 4.79 Å². The van der Waals surface area contributed by atoms with Gasteiger partial charge in [0.2, 0.25) is 0 Å². The number of hydrogen-bond donors (Lipinski definition) is 0. The molecule has 0 N–H and O–H groups in total. The van der Waals surface area contributed by atoms with Crippen LogP contribution in [0.15, 0.2) is 36.4 Å². The van der Waals surface area contributed by atoms with Gasteiger partial charge in [0.05, 0.1) is 0 Å². The zero-order valence-electron chi connectivity index (χ0n) is 21.8. The summed E-state index contributed by atoms with van der Waals surface area (Å²) in [5.74, 6) is 0. The number of rotatable bonds is 6. The number of allylic oxidation sites excluding steroid dienone is 2. The number of carbonyl (C=O) groups excluding carboxylic acids is 1. The molecule has 186 valence electrons. The molecule has 4 nitrogen and oxygen atoms in total. The zero-order chi connectivity index (χ0) is 25.3. The largest absolute Gasteiger partial charge is 0.509 e. The molecule has 0 fully saturated rings. The molecule has 1 aromatic carbocycles. The highest BCUT2D eigenvalue weighted by molar-refractivity contribution is 7.15. The average molecular weight is 510 g/mol. The third-order valence-corrected chi connectivity index (χ3v) is 8.27. The van der Waals surface area contributed by atoms with Crippen molar-refractivity contribution in [3.8, 4) is 10.4 Å². The van der Waals surface area contributed by atoms with Gasteiger partial charge in [-0.25, -0.2) is 4.79 Å². The first-order valence-electron chi connectivity index (χ1n) is 12.1. The number of carbonyl (C=O) groups is 1. The number of hydrogen-bond acceptors (Lipinski definition) is 6. The topological polar surface area (TPSA) is 38.8 Å². The van der Waals surface area contributed by atoms with E-state index in [0.717, 1.165) is 17.7 Å². The average Bonchev–Trinajstić information content (AvgIpc) is 3.49. The summed E-state index contributed by atoms with van der Waals surface area (Å²) in [5.41, 5.74) is 7.51. The number of anilines is 1. The molecule has 0 spiro atoms. The molecule has 1 aliphatic rings. The van der Waals surface area contributed by atoms with Gasteiger partial charge in [0, 0.05) is 39.3 Å². The Morgan fingerprint density at radius 1 is 0.943 bits per heavy atom. The first kappa shape index (κ1) is 25.5. The Kier molecular flexibility index (Phi) is 7.43. The highest BCUT2D eigenvalue weighted by atomic mass is 32.1. The Hall–Kier alpha value is -2.57. The van der Waals surface area contributed by atoms with Gasteiger partial charge in [-0.15, -0.1) is 22.7 Å². The minimum absolute atomic E-state index is 0.244. The van der Waals surface area contributed by atoms with Crippen molar-refractivity contribution in [2.24, 2.45) is 0 Å². The summed E-state index contributed by atoms with van der Waals surface area (Å²) < 4.78 is 10.6. The van der Waals surface area contributed by atoms with E-state index in [2.05, 4.69) is 69.2 Å². The second-order valence-corrected chi connectivity index (χ2v) is 12.9. The van der Waals surface area contributed by atoms with Crippen LogP contribution < -0.4 is 4.90 Å². The fraction of sp³-hybridized carbons (Fsp3) is 0.414. The molecule has 1 aliphatic carbocycles. The first-order valence-corrected chi connectivity index (χ1v) is 13.7. The van der Waals surface area contributed by atoms with E-state index in [4.69, 9.17) is 9.47 Å². The molecule has 35 heavy (non-hydrogen) atoms. The quantitative estimate of drug-likeness (QED) is 0.312. The highest BCUT2D eigenvalue weighted by Gasteiger charge is 2.24. The van der Waals surface area contributed by atoms with Crippen LogP contribution in [0.25, 0.3) is 21.6 Å². The van der Waals surface area contributed by atoms with Gasteiger partial charge >= 0.3 is 6.16 Å². The van der Waals surface area contributed by atoms with Crippen LogP contribution in [-0.2, 0) is 16.1 Å². The van der Waals surface area contributed by atoms with Gasteiger partial charge in [0.15, 0.2) is 0 Å². The smallest absolute Gasteiger partial charge is 0.429 e. The van der Waals surface area contributed by atoms with Gasteiger partial charge in [-0.05, 0) is 106 Å². The first-order chi connectivity index (χ1) is 16.5. The molecule has 0 saturated carbocycles. The van der Waals surface area contributed by atoms with Crippen LogP contribution in [0.4, 0.5) is 10.5 Å². The molecular formula is C29H35NO3S2. The van der Waals surface area contributed by atoms with Crippen LogP contribution in [0, 0.1) is 13.8 Å². The summed E-state index contributed by atoms with van der Waals surface area (Å²) >= 11 is 3.57. The molecule has 0 bridgehead atoms. The summed E-state index contributed by atoms with van der Waals surface area (Å²) in [6.45, 7) is 10.2. The number of nitrogens with zero attached hydrogens (tertiary/aromatic N) is 1. The third-order valence-electron chi connectivity index (χ3n) is 6.14. The predicted molar refractivity (Wildman–Crippen MR) is 150 cm³/mol. The van der Waals surface area contributed by atoms with Gasteiger partial charge in [0.1, 0.15) is 12.2 Å². The number of aryl methyl sites for hydroxylation is 2. The molecule has 0 radical (unpaired) electrons. The normalized spacial score (nSPS) is 13.9. The van der Waals surface area contributed by atoms with Gasteiger partial charge in [-0.3, -0.25) is 0 Å². The second-order valence-electron chi connectivity index (χ2n) is 10.3. The van der Waals surface area contributed by atoms with E-state index in [1.165, 1.54) is 54.6 Å². The third kappa shape index (κ3) is 5.99. The molecule has 4 rings (SSSR count). The fourth-order valence-corrected chi connectivity index (χ4v) is 6.54. The van der Waals surface area contributed by atoms with Gasteiger partial charge in [0.25, 0.3) is 0 Å². The minimum atomic E-state index is -0.620. The maximum Gasteiger partial charge on any atom is 0.509 e. The molecule has 0 unspecified atom stereocenters. The van der Waals surface area contributed by atoms with Crippen LogP contribution in [0.5, 0.6) is 0 Å². The highest BCUT2D eigenvalue weighted by Crippen LogP contribution is 2.46. The summed E-state index contributed by atoms with van der Waals surface area (Å²) in [6.07, 6.45) is 2.74. The van der Waals surface area contributed by atoms with Crippen molar-refractivity contribution in [2.75, 3.05) is 19.0 Å². The summed E-state index contributed by atoms with van der Waals surface area (Å²) in [7, 11) is 4.13. The van der Waals surface area contributed by atoms with Crippen LogP contribution in [-0.4, -0.2) is 25.9 Å². The van der Waals surface area contributed by atoms with Crippen molar-refractivity contribution in [1.29, 1.82) is 0 Å². The van der Waals surface area contributed by atoms with E-state index in [0.29, 0.717) is 0 Å². The Morgan fingerprint density at radius 3 is 2.14 bits per heavy atom. The summed E-state index contributed by atoms with van der Waals surface area (Å²) in [4.78, 5) is 19.1. The van der Waals surface area contributed by atoms with E-state index in [-0.39, 0.29) is 6.61 Å². The van der Waals surface area contributed by atoms with Crippen molar-refractivity contribution < 1.29 is 14.3 Å². The molecule has 0 saturated heterocycles.